The van der Waals surface area contributed by atoms with Gasteiger partial charge in [-0.15, -0.1) is 11.3 Å². The van der Waals surface area contributed by atoms with Crippen LogP contribution in [0.1, 0.15) is 87.2 Å². The van der Waals surface area contributed by atoms with Crippen LogP contribution in [0.4, 0.5) is 5.69 Å². The van der Waals surface area contributed by atoms with Gasteiger partial charge in [-0.25, -0.2) is 4.79 Å². The molecule has 2 amide bonds. The molecule has 1 saturated carbocycles. The molecule has 1 saturated heterocycles. The number of ether oxygens (including phenoxy) is 1. The lowest BCUT2D eigenvalue weighted by atomic mass is 9.87. The van der Waals surface area contributed by atoms with E-state index in [1.54, 1.807) is 24.9 Å². The number of nitrogens with zero attached hydrogens (tertiary/aromatic N) is 2. The van der Waals surface area contributed by atoms with E-state index in [9.17, 15) is 19.5 Å². The average molecular weight is 503 g/mol. The van der Waals surface area contributed by atoms with Gasteiger partial charge >= 0.3 is 5.97 Å². The summed E-state index contributed by atoms with van der Waals surface area (Å²) in [5, 5.41) is 10.00. The molecule has 1 aliphatic heterocycles. The third kappa shape index (κ3) is 6.86. The SMILES string of the molecule is C[C@@H](C(=O)N(C)C1CCOCC1)N(C(=O)C1CCCCC1)c1cc(C#CC(C)(C)C)sc1C(=O)O. The van der Waals surface area contributed by atoms with Crippen molar-refractivity contribution in [3.05, 3.63) is 15.8 Å². The Morgan fingerprint density at radius 2 is 1.74 bits per heavy atom. The lowest BCUT2D eigenvalue weighted by Crippen LogP contribution is -2.53. The summed E-state index contributed by atoms with van der Waals surface area (Å²) in [6, 6.07) is 0.889. The highest BCUT2D eigenvalue weighted by molar-refractivity contribution is 7.15. The van der Waals surface area contributed by atoms with Crippen molar-refractivity contribution in [1.82, 2.24) is 4.90 Å². The predicted molar refractivity (Wildman–Crippen MR) is 138 cm³/mol. The maximum atomic E-state index is 13.9. The molecule has 3 rings (SSSR count). The minimum Gasteiger partial charge on any atom is -0.477 e. The molecular weight excluding hydrogens is 464 g/mol. The monoisotopic (exact) mass is 502 g/mol. The molecule has 2 heterocycles. The Balaban J connectivity index is 2.01. The molecule has 7 nitrogen and oxygen atoms in total. The van der Waals surface area contributed by atoms with Gasteiger partial charge in [0.15, 0.2) is 0 Å². The number of rotatable bonds is 6. The van der Waals surface area contributed by atoms with E-state index in [0.29, 0.717) is 18.1 Å². The van der Waals surface area contributed by atoms with Gasteiger partial charge < -0.3 is 14.7 Å². The van der Waals surface area contributed by atoms with Gasteiger partial charge in [0, 0.05) is 37.6 Å². The molecule has 1 atom stereocenters. The van der Waals surface area contributed by atoms with Crippen molar-refractivity contribution in [3.63, 3.8) is 0 Å². The number of anilines is 1. The Morgan fingerprint density at radius 3 is 2.31 bits per heavy atom. The maximum Gasteiger partial charge on any atom is 0.348 e. The van der Waals surface area contributed by atoms with Crippen molar-refractivity contribution in [1.29, 1.82) is 0 Å². The molecule has 2 fully saturated rings. The van der Waals surface area contributed by atoms with Gasteiger partial charge in [0.2, 0.25) is 11.8 Å². The number of amides is 2. The quantitative estimate of drug-likeness (QED) is 0.566. The molecule has 0 aromatic carbocycles. The highest BCUT2D eigenvalue weighted by Gasteiger charge is 2.38. The fourth-order valence-electron chi connectivity index (χ4n) is 4.75. The van der Waals surface area contributed by atoms with Crippen LogP contribution in [-0.4, -0.2) is 60.1 Å². The minimum atomic E-state index is -1.12. The summed E-state index contributed by atoms with van der Waals surface area (Å²) in [6.45, 7) is 8.87. The van der Waals surface area contributed by atoms with Gasteiger partial charge in [0.1, 0.15) is 10.9 Å². The molecule has 2 aliphatic rings. The number of carboxylic acid groups (broad SMARTS) is 1. The van der Waals surface area contributed by atoms with Crippen molar-refractivity contribution in [2.24, 2.45) is 11.3 Å². The number of likely N-dealkylation sites (N-methyl/N-ethyl adjacent to an activating group) is 1. The van der Waals surface area contributed by atoms with Gasteiger partial charge in [-0.05, 0) is 59.4 Å². The van der Waals surface area contributed by atoms with Crippen LogP contribution >= 0.6 is 11.3 Å². The normalized spacial score (nSPS) is 18.3. The molecule has 0 bridgehead atoms. The highest BCUT2D eigenvalue weighted by atomic mass is 32.1. The second kappa shape index (κ2) is 11.6. The zero-order valence-corrected chi connectivity index (χ0v) is 22.4. The minimum absolute atomic E-state index is 0.0416. The lowest BCUT2D eigenvalue weighted by Gasteiger charge is -2.37. The van der Waals surface area contributed by atoms with E-state index >= 15 is 0 Å². The van der Waals surface area contributed by atoms with E-state index in [1.165, 1.54) is 4.90 Å². The summed E-state index contributed by atoms with van der Waals surface area (Å²) in [5.41, 5.74) is 0.0263. The first-order valence-corrected chi connectivity index (χ1v) is 13.4. The molecule has 0 radical (unpaired) electrons. The molecular formula is C27H38N2O5S. The molecule has 35 heavy (non-hydrogen) atoms. The first-order valence-electron chi connectivity index (χ1n) is 12.6. The Bertz CT molecular complexity index is 987. The Hall–Kier alpha value is -2.37. The number of thiophene rings is 1. The first kappa shape index (κ1) is 27.2. The van der Waals surface area contributed by atoms with E-state index in [2.05, 4.69) is 11.8 Å². The zero-order valence-electron chi connectivity index (χ0n) is 21.6. The summed E-state index contributed by atoms with van der Waals surface area (Å²) in [6.07, 6.45) is 6.03. The average Bonchev–Trinajstić information content (AvgIpc) is 3.26. The largest absolute Gasteiger partial charge is 0.477 e. The van der Waals surface area contributed by atoms with Gasteiger partial charge in [-0.1, -0.05) is 31.1 Å². The predicted octanol–water partition coefficient (Wildman–Crippen LogP) is 4.78. The Labute approximate surface area is 212 Å². The van der Waals surface area contributed by atoms with Crippen LogP contribution in [-0.2, 0) is 14.3 Å². The van der Waals surface area contributed by atoms with Crippen molar-refractivity contribution in [2.75, 3.05) is 25.2 Å². The second-order valence-corrected chi connectivity index (χ2v) is 11.7. The van der Waals surface area contributed by atoms with Crippen LogP contribution in [0.3, 0.4) is 0 Å². The van der Waals surface area contributed by atoms with Gasteiger partial charge in [0.25, 0.3) is 0 Å². The summed E-state index contributed by atoms with van der Waals surface area (Å²) in [4.78, 5) is 43.5. The van der Waals surface area contributed by atoms with Crippen LogP contribution in [0.15, 0.2) is 6.07 Å². The molecule has 0 spiro atoms. The number of carboxylic acids is 1. The first-order chi connectivity index (χ1) is 16.5. The summed E-state index contributed by atoms with van der Waals surface area (Å²) < 4.78 is 5.44. The number of hydrogen-bond acceptors (Lipinski definition) is 5. The van der Waals surface area contributed by atoms with E-state index in [1.807, 2.05) is 20.8 Å². The van der Waals surface area contributed by atoms with Gasteiger partial charge in [-0.2, -0.15) is 0 Å². The third-order valence-corrected chi connectivity index (χ3v) is 7.78. The van der Waals surface area contributed by atoms with Crippen LogP contribution in [0, 0.1) is 23.2 Å². The van der Waals surface area contributed by atoms with Crippen molar-refractivity contribution in [3.8, 4) is 11.8 Å². The number of aromatic carboxylic acids is 1. The number of hydrogen-bond donors (Lipinski definition) is 1. The van der Waals surface area contributed by atoms with Crippen molar-refractivity contribution in [2.45, 2.75) is 84.7 Å². The summed E-state index contributed by atoms with van der Waals surface area (Å²) >= 11 is 1.06. The van der Waals surface area contributed by atoms with Gasteiger partial charge in [0.05, 0.1) is 10.6 Å². The standard InChI is InChI=1S/C27H38N2O5S/c1-18(24(30)28(5)20-12-15-34-16-13-20)29(25(31)19-9-7-6-8-10-19)22-17-21(11-14-27(2,3)4)35-23(22)26(32)33/h17-20H,6-10,12-13,15-16H2,1-5H3,(H,32,33)/t18-/m0/s1. The third-order valence-electron chi connectivity index (χ3n) is 6.75. The van der Waals surface area contributed by atoms with Crippen molar-refractivity contribution >= 4 is 34.8 Å². The van der Waals surface area contributed by atoms with Crippen LogP contribution < -0.4 is 4.90 Å². The smallest absolute Gasteiger partial charge is 0.348 e. The van der Waals surface area contributed by atoms with Crippen LogP contribution in [0.25, 0.3) is 0 Å². The molecule has 8 heteroatoms. The topological polar surface area (TPSA) is 87.2 Å². The lowest BCUT2D eigenvalue weighted by molar-refractivity contribution is -0.137. The van der Waals surface area contributed by atoms with Crippen LogP contribution in [0.2, 0.25) is 0 Å². The fourth-order valence-corrected chi connectivity index (χ4v) is 5.59. The highest BCUT2D eigenvalue weighted by Crippen LogP contribution is 2.36. The Morgan fingerprint density at radius 1 is 1.11 bits per heavy atom. The number of carbonyl (C=O) groups is 3. The zero-order chi connectivity index (χ0) is 25.8. The maximum absolute atomic E-state index is 13.9. The van der Waals surface area contributed by atoms with E-state index in [-0.39, 0.29) is 39.8 Å². The van der Waals surface area contributed by atoms with E-state index in [0.717, 1.165) is 56.3 Å². The summed E-state index contributed by atoms with van der Waals surface area (Å²) in [5.74, 6) is 4.53. The van der Waals surface area contributed by atoms with Crippen LogP contribution in [0.5, 0.6) is 0 Å². The second-order valence-electron chi connectivity index (χ2n) is 10.6. The van der Waals surface area contributed by atoms with Crippen molar-refractivity contribution < 1.29 is 24.2 Å². The Kier molecular flexibility index (Phi) is 9.00. The molecule has 1 aromatic heterocycles. The molecule has 1 N–H and O–H groups in total. The number of carbonyl (C=O) groups excluding carboxylic acids is 2. The van der Waals surface area contributed by atoms with E-state index < -0.39 is 12.0 Å². The molecule has 1 aliphatic carbocycles. The molecule has 192 valence electrons. The summed E-state index contributed by atoms with van der Waals surface area (Å²) in [7, 11) is 1.77. The van der Waals surface area contributed by atoms with Gasteiger partial charge in [-0.3, -0.25) is 14.5 Å². The fraction of sp³-hybridized carbons (Fsp3) is 0.667. The molecule has 1 aromatic rings. The van der Waals surface area contributed by atoms with E-state index in [4.69, 9.17) is 4.74 Å². The molecule has 0 unspecified atom stereocenters.